The van der Waals surface area contributed by atoms with Crippen molar-refractivity contribution in [3.63, 3.8) is 0 Å². The van der Waals surface area contributed by atoms with Gasteiger partial charge in [-0.2, -0.15) is 0 Å². The van der Waals surface area contributed by atoms with Crippen molar-refractivity contribution in [2.24, 2.45) is 0 Å². The van der Waals surface area contributed by atoms with Gasteiger partial charge in [0.05, 0.1) is 8.95 Å². The van der Waals surface area contributed by atoms with Crippen LogP contribution in [0.5, 0.6) is 0 Å². The van der Waals surface area contributed by atoms with Gasteiger partial charge in [0, 0.05) is 60.2 Å². The van der Waals surface area contributed by atoms with Crippen LogP contribution in [0.3, 0.4) is 0 Å². The molecule has 0 bridgehead atoms. The van der Waals surface area contributed by atoms with Gasteiger partial charge in [-0.15, -0.1) is 0 Å². The zero-order valence-corrected chi connectivity index (χ0v) is 38.3. The van der Waals surface area contributed by atoms with Gasteiger partial charge in [-0.1, -0.05) is 95.6 Å². The normalized spacial score (nSPS) is 11.1. The molecular weight excluding hydrogens is 1260 g/mol. The van der Waals surface area contributed by atoms with Crippen LogP contribution in [0.4, 0.5) is 43.9 Å². The van der Waals surface area contributed by atoms with E-state index in [1.54, 1.807) is 12.1 Å². The van der Waals surface area contributed by atoms with Crippen LogP contribution in [-0.4, -0.2) is 0 Å². The third kappa shape index (κ3) is 8.80. The van der Waals surface area contributed by atoms with Crippen molar-refractivity contribution in [1.82, 2.24) is 0 Å². The van der Waals surface area contributed by atoms with E-state index in [4.69, 9.17) is 0 Å². The van der Waals surface area contributed by atoms with Crippen molar-refractivity contribution in [3.8, 4) is 44.5 Å². The van der Waals surface area contributed by atoms with Gasteiger partial charge in [-0.05, 0) is 104 Å². The Kier molecular flexibility index (Phi) is 14.1. The second kappa shape index (κ2) is 17.5. The van der Waals surface area contributed by atoms with Crippen molar-refractivity contribution < 1.29 is 43.9 Å². The van der Waals surface area contributed by atoms with E-state index in [1.807, 2.05) is 0 Å². The van der Waals surface area contributed by atoms with Crippen LogP contribution >= 0.6 is 127 Å². The van der Waals surface area contributed by atoms with Crippen LogP contribution in [0.1, 0.15) is 0 Å². The van der Waals surface area contributed by atoms with Gasteiger partial charge in [0.25, 0.3) is 0 Å². The van der Waals surface area contributed by atoms with Crippen molar-refractivity contribution in [3.05, 3.63) is 155 Å². The molecule has 0 N–H and O–H groups in total. The molecule has 6 aromatic rings. The molecule has 0 aromatic heterocycles. The molecule has 0 saturated carbocycles. The highest BCUT2D eigenvalue weighted by Gasteiger charge is 2.28. The number of halogens is 18. The number of rotatable bonds is 4. The fourth-order valence-corrected chi connectivity index (χ4v) is 9.90. The summed E-state index contributed by atoms with van der Waals surface area (Å²) in [5, 5.41) is 0. The Labute approximate surface area is 366 Å². The summed E-state index contributed by atoms with van der Waals surface area (Å²) < 4.78 is 140. The van der Waals surface area contributed by atoms with Crippen LogP contribution in [0.15, 0.2) is 96.4 Å². The number of hydrogen-bond donors (Lipinski definition) is 0. The predicted octanol–water partition coefficient (Wildman–Crippen LogP) is 17.5. The van der Waals surface area contributed by atoms with E-state index in [0.717, 1.165) is 36.4 Å². The van der Waals surface area contributed by atoms with Gasteiger partial charge in [0.1, 0.15) is 5.82 Å². The monoisotopic (exact) mass is 1260 g/mol. The van der Waals surface area contributed by atoms with Gasteiger partial charge in [0.15, 0.2) is 52.4 Å². The van der Waals surface area contributed by atoms with Crippen molar-refractivity contribution >= 4 is 127 Å². The van der Waals surface area contributed by atoms with Gasteiger partial charge < -0.3 is 0 Å². The lowest BCUT2D eigenvalue weighted by Crippen LogP contribution is -2.00. The van der Waals surface area contributed by atoms with Crippen molar-refractivity contribution in [2.45, 2.75) is 0 Å². The van der Waals surface area contributed by atoms with Gasteiger partial charge in [0.2, 0.25) is 0 Å². The minimum atomic E-state index is -1.27. The zero-order chi connectivity index (χ0) is 40.1. The van der Waals surface area contributed by atoms with Crippen molar-refractivity contribution in [2.75, 3.05) is 0 Å². The largest absolute Gasteiger partial charge is 0.206 e. The van der Waals surface area contributed by atoms with Gasteiger partial charge >= 0.3 is 0 Å². The maximum Gasteiger partial charge on any atom is 0.159 e. The molecule has 0 nitrogen and oxygen atoms in total. The van der Waals surface area contributed by atoms with E-state index in [0.29, 0.717) is 52.3 Å². The van der Waals surface area contributed by atoms with Gasteiger partial charge in [-0.3, -0.25) is 0 Å². The Morgan fingerprint density at radius 1 is 0.241 bits per heavy atom. The Bertz CT molecular complexity index is 2350. The maximum atomic E-state index is 15.5. The molecule has 0 aliphatic carbocycles. The second-order valence-corrected chi connectivity index (χ2v) is 17.5. The van der Waals surface area contributed by atoms with Crippen LogP contribution in [-0.2, 0) is 0 Å². The Balaban J connectivity index is 0.000000208. The van der Waals surface area contributed by atoms with E-state index < -0.39 is 69.3 Å². The fraction of sp³-hybridized carbons (Fsp3) is 0. The predicted molar refractivity (Wildman–Crippen MR) is 216 cm³/mol. The first-order valence-corrected chi connectivity index (χ1v) is 20.5. The second-order valence-electron chi connectivity index (χ2n) is 10.8. The molecule has 0 amide bonds. The fourth-order valence-electron chi connectivity index (χ4n) is 4.95. The summed E-state index contributed by atoms with van der Waals surface area (Å²) in [5.74, 6) is -10.9. The molecule has 0 radical (unpaired) electrons. The molecule has 0 saturated heterocycles. The lowest BCUT2D eigenvalue weighted by Gasteiger charge is -2.17. The molecule has 0 fully saturated rings. The molecule has 6 aromatic carbocycles. The number of benzene rings is 6. The quantitative estimate of drug-likeness (QED) is 0.0937. The summed E-state index contributed by atoms with van der Waals surface area (Å²) >= 11 is 25.1. The summed E-state index contributed by atoms with van der Waals surface area (Å²) in [6, 6.07) is 10.5. The Morgan fingerprint density at radius 2 is 0.463 bits per heavy atom. The lowest BCUT2D eigenvalue weighted by atomic mass is 9.97. The average molecular weight is 1270 g/mol. The zero-order valence-electron chi connectivity index (χ0n) is 25.6. The average Bonchev–Trinajstić information content (AvgIpc) is 3.09. The highest BCUT2D eigenvalue weighted by molar-refractivity contribution is 9.12. The molecule has 6 rings (SSSR count). The standard InChI is InChI=1S/C18H4Br4F6.C18H6Br4F4/c19-7-3-11(25)9(23)1-5(7)13-15(21)18(28)16(22)14(17(13)27)6-2-10(24)12(26)4-8(6)20;19-11-4-12(20)8(10-3-16(24)18(26)6-14(10)22)1-7(11)9-2-15(23)17(25)5-13(9)21/h1-4H;1-6H. The minimum absolute atomic E-state index is 0.0389. The minimum Gasteiger partial charge on any atom is -0.206 e. The Morgan fingerprint density at radius 3 is 0.778 bits per heavy atom. The van der Waals surface area contributed by atoms with Gasteiger partial charge in [-0.25, -0.2) is 43.9 Å². The van der Waals surface area contributed by atoms with E-state index in [-0.39, 0.29) is 29.0 Å². The third-order valence-electron chi connectivity index (χ3n) is 7.48. The molecule has 0 spiro atoms. The summed E-state index contributed by atoms with van der Waals surface area (Å²) in [7, 11) is 0. The van der Waals surface area contributed by atoms with E-state index in [9.17, 15) is 39.5 Å². The molecule has 18 heteroatoms. The molecule has 54 heavy (non-hydrogen) atoms. The highest BCUT2D eigenvalue weighted by Crippen LogP contribution is 2.48. The topological polar surface area (TPSA) is 0 Å². The first-order chi connectivity index (χ1) is 25.2. The van der Waals surface area contributed by atoms with Crippen LogP contribution in [0.2, 0.25) is 0 Å². The molecule has 0 heterocycles. The van der Waals surface area contributed by atoms with Crippen LogP contribution in [0.25, 0.3) is 44.5 Å². The molecule has 0 unspecified atom stereocenters. The first kappa shape index (κ1) is 43.6. The summed E-state index contributed by atoms with van der Waals surface area (Å²) in [6.07, 6.45) is 0. The third-order valence-corrected chi connectivity index (χ3v) is 12.9. The van der Waals surface area contributed by atoms with E-state index in [2.05, 4.69) is 127 Å². The van der Waals surface area contributed by atoms with Crippen LogP contribution in [0, 0.1) is 58.2 Å². The SMILES string of the molecule is Fc1cc(Br)c(-c2c(F)c(-c3cc(F)c(F)cc3Br)c(Br)c(F)c2Br)cc1F.Fc1cc(Br)c(-c2cc(-c3cc(F)c(F)cc3Br)c(Br)cc2Br)cc1F. The van der Waals surface area contributed by atoms with E-state index >= 15 is 4.39 Å². The summed E-state index contributed by atoms with van der Waals surface area (Å²) in [5.41, 5.74) is 0.670. The smallest absolute Gasteiger partial charge is 0.159 e. The lowest BCUT2D eigenvalue weighted by molar-refractivity contribution is 0.508. The molecule has 0 aliphatic rings. The summed E-state index contributed by atoms with van der Waals surface area (Å²) in [4.78, 5) is 0. The van der Waals surface area contributed by atoms with Crippen LogP contribution < -0.4 is 0 Å². The Hall–Kier alpha value is -1.54. The molecule has 0 aliphatic heterocycles. The molecule has 280 valence electrons. The number of hydrogen-bond acceptors (Lipinski definition) is 0. The summed E-state index contributed by atoms with van der Waals surface area (Å²) in [6.45, 7) is 0. The molecular formula is C36H10Br8F10. The highest BCUT2D eigenvalue weighted by atomic mass is 79.9. The first-order valence-electron chi connectivity index (χ1n) is 14.2. The van der Waals surface area contributed by atoms with E-state index in [1.165, 1.54) is 0 Å². The maximum absolute atomic E-state index is 15.5. The molecule has 0 atom stereocenters. The van der Waals surface area contributed by atoms with Crippen molar-refractivity contribution in [1.29, 1.82) is 0 Å².